The van der Waals surface area contributed by atoms with Crippen LogP contribution in [0.3, 0.4) is 0 Å². The molecule has 81 heavy (non-hydrogen) atoms. The summed E-state index contributed by atoms with van der Waals surface area (Å²) in [7, 11) is 0. The quantitative estimate of drug-likeness (QED) is 0.0320. The number of amides is 1. The standard InChI is InChI=1S/C75H141NO5/c1-3-5-7-9-11-13-15-17-18-19-35-38-41-44-47-51-55-59-63-67-73(78)72(71-77)76-74(79)68-64-60-56-52-48-45-42-39-36-33-31-29-27-25-23-21-20-22-24-26-28-30-32-34-37-40-43-46-50-54-58-62-66-70-81-75(80)69-65-61-57-53-49-16-14-12-10-8-6-4-2/h12,14,24,26,30,32,63,67,72-73,77-78H,3-11,13,15-23,25,27-29,31,33-62,64-66,68-71H2,1-2H3,(H,76,79)/b14-12-,26-24-,32-30-,67-63+. The smallest absolute Gasteiger partial charge is 0.305 e. The van der Waals surface area contributed by atoms with Crippen molar-refractivity contribution in [2.45, 2.75) is 405 Å². The van der Waals surface area contributed by atoms with E-state index < -0.39 is 12.1 Å². The molecule has 476 valence electrons. The topological polar surface area (TPSA) is 95.9 Å². The maximum Gasteiger partial charge on any atom is 0.305 e. The molecule has 0 aromatic carbocycles. The molecule has 2 unspecified atom stereocenters. The summed E-state index contributed by atoms with van der Waals surface area (Å²) in [5, 5.41) is 23.2. The van der Waals surface area contributed by atoms with Gasteiger partial charge in [0.2, 0.25) is 5.91 Å². The molecule has 1 amide bonds. The molecule has 0 aromatic heterocycles. The van der Waals surface area contributed by atoms with Crippen LogP contribution in [-0.2, 0) is 14.3 Å². The Morgan fingerprint density at radius 2 is 0.617 bits per heavy atom. The van der Waals surface area contributed by atoms with Crippen LogP contribution in [0, 0.1) is 0 Å². The summed E-state index contributed by atoms with van der Waals surface area (Å²) in [5.74, 6) is -0.0591. The zero-order valence-corrected chi connectivity index (χ0v) is 54.5. The molecule has 6 nitrogen and oxygen atoms in total. The number of hydrogen-bond donors (Lipinski definition) is 3. The summed E-state index contributed by atoms with van der Waals surface area (Å²) in [5.41, 5.74) is 0. The molecular weight excluding hydrogens is 995 g/mol. The Kier molecular flexibility index (Phi) is 68.4. The number of ether oxygens (including phenoxy) is 1. The van der Waals surface area contributed by atoms with E-state index in [1.807, 2.05) is 6.08 Å². The molecule has 0 spiro atoms. The Hall–Kier alpha value is -2.18. The van der Waals surface area contributed by atoms with Gasteiger partial charge < -0.3 is 20.3 Å². The average molecular weight is 1140 g/mol. The normalized spacial score (nSPS) is 12.8. The van der Waals surface area contributed by atoms with E-state index >= 15 is 0 Å². The van der Waals surface area contributed by atoms with Gasteiger partial charge in [-0.1, -0.05) is 339 Å². The van der Waals surface area contributed by atoms with Gasteiger partial charge >= 0.3 is 5.97 Å². The highest BCUT2D eigenvalue weighted by Gasteiger charge is 2.18. The van der Waals surface area contributed by atoms with Crippen molar-refractivity contribution < 1.29 is 24.5 Å². The minimum atomic E-state index is -0.844. The molecule has 2 atom stereocenters. The molecule has 0 rings (SSSR count). The number of rotatable bonds is 68. The van der Waals surface area contributed by atoms with Crippen LogP contribution in [0.1, 0.15) is 393 Å². The Morgan fingerprint density at radius 1 is 0.346 bits per heavy atom. The van der Waals surface area contributed by atoms with Gasteiger partial charge in [0, 0.05) is 12.8 Å². The number of unbranched alkanes of at least 4 members (excludes halogenated alkanes) is 51. The van der Waals surface area contributed by atoms with Gasteiger partial charge in [0.1, 0.15) is 0 Å². The van der Waals surface area contributed by atoms with Crippen LogP contribution in [0.25, 0.3) is 0 Å². The molecule has 0 aromatic rings. The highest BCUT2D eigenvalue weighted by Crippen LogP contribution is 2.18. The number of carbonyl (C=O) groups excluding carboxylic acids is 2. The maximum absolute atomic E-state index is 12.5. The molecule has 6 heteroatoms. The highest BCUT2D eigenvalue weighted by atomic mass is 16.5. The van der Waals surface area contributed by atoms with Gasteiger partial charge in [0.05, 0.1) is 25.4 Å². The lowest BCUT2D eigenvalue weighted by Gasteiger charge is -2.20. The van der Waals surface area contributed by atoms with Crippen molar-refractivity contribution in [1.29, 1.82) is 0 Å². The van der Waals surface area contributed by atoms with Crippen LogP contribution in [-0.4, -0.2) is 47.4 Å². The van der Waals surface area contributed by atoms with Crippen LogP contribution in [0.15, 0.2) is 48.6 Å². The maximum atomic E-state index is 12.5. The van der Waals surface area contributed by atoms with E-state index in [1.165, 1.54) is 315 Å². The van der Waals surface area contributed by atoms with E-state index in [4.69, 9.17) is 4.74 Å². The van der Waals surface area contributed by atoms with Gasteiger partial charge in [0.25, 0.3) is 0 Å². The van der Waals surface area contributed by atoms with Crippen molar-refractivity contribution in [1.82, 2.24) is 5.32 Å². The first-order chi connectivity index (χ1) is 40.0. The molecule has 0 fully saturated rings. The molecule has 0 radical (unpaired) electrons. The number of carbonyl (C=O) groups is 2. The van der Waals surface area contributed by atoms with E-state index in [0.717, 1.165) is 51.4 Å². The number of nitrogens with one attached hydrogen (secondary N) is 1. The Labute approximate surface area is 506 Å². The molecule has 0 heterocycles. The average Bonchev–Trinajstić information content (AvgIpc) is 3.47. The van der Waals surface area contributed by atoms with Crippen LogP contribution in [0.5, 0.6) is 0 Å². The summed E-state index contributed by atoms with van der Waals surface area (Å²) in [4.78, 5) is 24.5. The number of esters is 1. The van der Waals surface area contributed by atoms with E-state index in [9.17, 15) is 19.8 Å². The predicted octanol–water partition coefficient (Wildman–Crippen LogP) is 23.6. The van der Waals surface area contributed by atoms with E-state index in [-0.39, 0.29) is 18.5 Å². The van der Waals surface area contributed by atoms with Crippen molar-refractivity contribution in [2.24, 2.45) is 0 Å². The molecule has 3 N–H and O–H groups in total. The van der Waals surface area contributed by atoms with Gasteiger partial charge in [-0.3, -0.25) is 9.59 Å². The van der Waals surface area contributed by atoms with Crippen molar-refractivity contribution in [3.63, 3.8) is 0 Å². The summed E-state index contributed by atoms with van der Waals surface area (Å²) in [6.45, 7) is 4.90. The van der Waals surface area contributed by atoms with Gasteiger partial charge in [-0.2, -0.15) is 0 Å². The van der Waals surface area contributed by atoms with Gasteiger partial charge in [-0.15, -0.1) is 0 Å². The molecular formula is C75H141NO5. The Balaban J connectivity index is 3.41. The van der Waals surface area contributed by atoms with E-state index in [0.29, 0.717) is 19.4 Å². The van der Waals surface area contributed by atoms with Gasteiger partial charge in [-0.25, -0.2) is 0 Å². The third kappa shape index (κ3) is 66.8. The first-order valence-electron chi connectivity index (χ1n) is 36.4. The SMILES string of the molecule is CCCCC/C=C\CCCCCCCC(=O)OCCCCCCCCCCC/C=C\C/C=C\CCCCCCCCCCCCCCCCCCCC(=O)NC(CO)C(O)/C=C/CCCCCCCCCCCCCCCCCCC. The third-order valence-electron chi connectivity index (χ3n) is 16.8. The van der Waals surface area contributed by atoms with Crippen LogP contribution < -0.4 is 5.32 Å². The van der Waals surface area contributed by atoms with Crippen molar-refractivity contribution in [3.05, 3.63) is 48.6 Å². The monoisotopic (exact) mass is 1140 g/mol. The largest absolute Gasteiger partial charge is 0.466 e. The minimum absolute atomic E-state index is 0.00388. The highest BCUT2D eigenvalue weighted by molar-refractivity contribution is 5.76. The molecule has 0 aliphatic carbocycles. The van der Waals surface area contributed by atoms with Crippen molar-refractivity contribution in [3.8, 4) is 0 Å². The van der Waals surface area contributed by atoms with Crippen LogP contribution >= 0.6 is 0 Å². The first-order valence-corrected chi connectivity index (χ1v) is 36.4. The number of hydrogen-bond acceptors (Lipinski definition) is 5. The van der Waals surface area contributed by atoms with E-state index in [2.05, 4.69) is 55.6 Å². The second-order valence-corrected chi connectivity index (χ2v) is 24.9. The zero-order valence-electron chi connectivity index (χ0n) is 54.5. The minimum Gasteiger partial charge on any atom is -0.466 e. The second-order valence-electron chi connectivity index (χ2n) is 24.9. The molecule has 0 bridgehead atoms. The number of allylic oxidation sites excluding steroid dienone is 7. The lowest BCUT2D eigenvalue weighted by atomic mass is 10.0. The molecule has 0 aliphatic heterocycles. The van der Waals surface area contributed by atoms with Crippen LogP contribution in [0.2, 0.25) is 0 Å². The lowest BCUT2D eigenvalue weighted by molar-refractivity contribution is -0.143. The zero-order chi connectivity index (χ0) is 58.5. The first kappa shape index (κ1) is 78.8. The summed E-state index contributed by atoms with van der Waals surface area (Å²) in [6.07, 6.45) is 92.0. The third-order valence-corrected chi connectivity index (χ3v) is 16.8. The summed E-state index contributed by atoms with van der Waals surface area (Å²) >= 11 is 0. The van der Waals surface area contributed by atoms with Crippen molar-refractivity contribution >= 4 is 11.9 Å². The Bertz CT molecular complexity index is 1360. The number of aliphatic hydroxyl groups is 2. The van der Waals surface area contributed by atoms with E-state index in [1.54, 1.807) is 6.08 Å². The lowest BCUT2D eigenvalue weighted by Crippen LogP contribution is -2.45. The summed E-state index contributed by atoms with van der Waals surface area (Å²) in [6, 6.07) is -0.628. The Morgan fingerprint density at radius 3 is 0.975 bits per heavy atom. The number of aliphatic hydroxyl groups excluding tert-OH is 2. The fourth-order valence-corrected chi connectivity index (χ4v) is 11.3. The van der Waals surface area contributed by atoms with Gasteiger partial charge in [-0.05, 0) is 89.9 Å². The molecule has 0 aliphatic rings. The fraction of sp³-hybridized carbons (Fsp3) is 0.867. The summed E-state index contributed by atoms with van der Waals surface area (Å²) < 4.78 is 5.47. The predicted molar refractivity (Wildman–Crippen MR) is 356 cm³/mol. The fourth-order valence-electron chi connectivity index (χ4n) is 11.3. The molecule has 0 saturated carbocycles. The van der Waals surface area contributed by atoms with Gasteiger partial charge in [0.15, 0.2) is 0 Å². The second kappa shape index (κ2) is 70.3. The van der Waals surface area contributed by atoms with Crippen molar-refractivity contribution in [2.75, 3.05) is 13.2 Å². The molecule has 0 saturated heterocycles. The van der Waals surface area contributed by atoms with Crippen LogP contribution in [0.4, 0.5) is 0 Å².